The summed E-state index contributed by atoms with van der Waals surface area (Å²) >= 11 is 0. The first-order valence-corrected chi connectivity index (χ1v) is 9.95. The van der Waals surface area contributed by atoms with Gasteiger partial charge in [0.2, 0.25) is 5.88 Å². The third-order valence-electron chi connectivity index (χ3n) is 4.28. The molecule has 3 rings (SSSR count). The van der Waals surface area contributed by atoms with Crippen molar-refractivity contribution in [3.63, 3.8) is 0 Å². The number of fused-ring (bicyclic) bond motifs is 1. The number of anilines is 1. The molecule has 0 saturated carbocycles. The number of halogens is 3. The molecule has 0 amide bonds. The molecule has 0 saturated heterocycles. The van der Waals surface area contributed by atoms with Crippen LogP contribution in [0.25, 0.3) is 0 Å². The fraction of sp³-hybridized carbons (Fsp3) is 0.500. The average Bonchev–Trinajstić information content (AvgIpc) is 3.07. The Bertz CT molecular complexity index is 965. The van der Waals surface area contributed by atoms with Gasteiger partial charge in [0.15, 0.2) is 17.5 Å². The summed E-state index contributed by atoms with van der Waals surface area (Å²) in [6.07, 6.45) is 0.145. The third-order valence-corrected chi connectivity index (χ3v) is 5.64. The summed E-state index contributed by atoms with van der Waals surface area (Å²) in [6.45, 7) is 1.40. The number of pyridine rings is 1. The van der Waals surface area contributed by atoms with Crippen LogP contribution in [0.2, 0.25) is 0 Å². The van der Waals surface area contributed by atoms with Crippen LogP contribution >= 0.6 is 0 Å². The average molecular weight is 420 g/mol. The van der Waals surface area contributed by atoms with Crippen LogP contribution < -0.4 is 14.2 Å². The molecular weight excluding hydrogens is 401 g/mol. The van der Waals surface area contributed by atoms with Crippen molar-refractivity contribution in [2.45, 2.75) is 43.7 Å². The molecule has 2 aromatic heterocycles. The summed E-state index contributed by atoms with van der Waals surface area (Å²) in [4.78, 5) is 7.82. The topological polar surface area (TPSA) is 95.3 Å². The summed E-state index contributed by atoms with van der Waals surface area (Å²) in [5.74, 6) is -1.35. The zero-order valence-corrected chi connectivity index (χ0v) is 16.0. The lowest BCUT2D eigenvalue weighted by molar-refractivity contribution is 0.0770. The molecule has 12 heteroatoms. The molecule has 2 aromatic rings. The van der Waals surface area contributed by atoms with E-state index in [2.05, 4.69) is 19.4 Å². The summed E-state index contributed by atoms with van der Waals surface area (Å²) < 4.78 is 77.6. The van der Waals surface area contributed by atoms with Crippen molar-refractivity contribution in [3.05, 3.63) is 23.9 Å². The standard InChI is InChI=1S/C16H19F3N4O4S/c1-9-4-3-5-23-13(7-20-14(9)23)28(24,25)22-11-6-10(17)15(21-16(11)26-2)27-8-12(18)19/h6-7,9,12,22H,3-5,8H2,1-2H3. The lowest BCUT2D eigenvalue weighted by atomic mass is 10.0. The van der Waals surface area contributed by atoms with Crippen molar-refractivity contribution in [3.8, 4) is 11.8 Å². The number of alkyl halides is 2. The lowest BCUT2D eigenvalue weighted by Crippen LogP contribution is -2.22. The minimum absolute atomic E-state index is 0.0606. The largest absolute Gasteiger partial charge is 0.479 e. The SMILES string of the molecule is COc1nc(OCC(F)F)c(F)cc1NS(=O)(=O)c1cnc2n1CCCC2C. The number of aromatic nitrogens is 3. The quantitative estimate of drug-likeness (QED) is 0.740. The number of methoxy groups -OCH3 is 1. The van der Waals surface area contributed by atoms with E-state index in [-0.39, 0.29) is 22.5 Å². The third kappa shape index (κ3) is 4.01. The number of ether oxygens (including phenoxy) is 2. The minimum atomic E-state index is -4.12. The maximum absolute atomic E-state index is 14.1. The van der Waals surface area contributed by atoms with E-state index in [9.17, 15) is 21.6 Å². The highest BCUT2D eigenvalue weighted by molar-refractivity contribution is 7.92. The van der Waals surface area contributed by atoms with Gasteiger partial charge in [-0.3, -0.25) is 4.72 Å². The predicted molar refractivity (Wildman–Crippen MR) is 92.9 cm³/mol. The predicted octanol–water partition coefficient (Wildman–Crippen LogP) is 2.77. The van der Waals surface area contributed by atoms with Crippen molar-refractivity contribution in [2.75, 3.05) is 18.4 Å². The van der Waals surface area contributed by atoms with Gasteiger partial charge in [-0.1, -0.05) is 6.92 Å². The zero-order chi connectivity index (χ0) is 20.5. The van der Waals surface area contributed by atoms with Crippen molar-refractivity contribution in [1.82, 2.24) is 14.5 Å². The number of imidazole rings is 1. The first-order valence-electron chi connectivity index (χ1n) is 8.46. The van der Waals surface area contributed by atoms with Crippen molar-refractivity contribution < 1.29 is 31.1 Å². The van der Waals surface area contributed by atoms with Crippen molar-refractivity contribution in [2.24, 2.45) is 0 Å². The number of hydrogen-bond acceptors (Lipinski definition) is 6. The monoisotopic (exact) mass is 420 g/mol. The van der Waals surface area contributed by atoms with E-state index in [0.29, 0.717) is 12.4 Å². The molecule has 1 unspecified atom stereocenters. The van der Waals surface area contributed by atoms with Crippen molar-refractivity contribution in [1.29, 1.82) is 0 Å². The Balaban J connectivity index is 1.91. The summed E-state index contributed by atoms with van der Waals surface area (Å²) in [6, 6.07) is 0.764. The number of nitrogens with one attached hydrogen (secondary N) is 1. The molecule has 1 aliphatic heterocycles. The molecule has 8 nitrogen and oxygen atoms in total. The fourth-order valence-electron chi connectivity index (χ4n) is 3.02. The van der Waals surface area contributed by atoms with Crippen LogP contribution in [0.5, 0.6) is 11.8 Å². The zero-order valence-electron chi connectivity index (χ0n) is 15.2. The van der Waals surface area contributed by atoms with Gasteiger partial charge in [-0.15, -0.1) is 0 Å². The van der Waals surface area contributed by atoms with Crippen LogP contribution in [0.15, 0.2) is 17.3 Å². The molecule has 1 N–H and O–H groups in total. The van der Waals surface area contributed by atoms with E-state index < -0.39 is 34.8 Å². The molecule has 3 heterocycles. The van der Waals surface area contributed by atoms with E-state index in [4.69, 9.17) is 4.74 Å². The Kier molecular flexibility index (Phi) is 5.68. The van der Waals surface area contributed by atoms with Gasteiger partial charge in [0, 0.05) is 18.5 Å². The van der Waals surface area contributed by atoms with Crippen LogP contribution in [0.1, 0.15) is 31.5 Å². The van der Waals surface area contributed by atoms with Gasteiger partial charge in [0.05, 0.1) is 13.3 Å². The summed E-state index contributed by atoms with van der Waals surface area (Å²) in [5.41, 5.74) is -0.288. The van der Waals surface area contributed by atoms with Crippen molar-refractivity contribution >= 4 is 15.7 Å². The first-order chi connectivity index (χ1) is 13.2. The molecule has 0 radical (unpaired) electrons. The summed E-state index contributed by atoms with van der Waals surface area (Å²) in [7, 11) is -2.94. The van der Waals surface area contributed by atoms with Crippen LogP contribution in [0, 0.1) is 5.82 Å². The Morgan fingerprint density at radius 3 is 2.82 bits per heavy atom. The van der Waals surface area contributed by atoms with E-state index in [1.165, 1.54) is 13.3 Å². The Morgan fingerprint density at radius 1 is 1.39 bits per heavy atom. The highest BCUT2D eigenvalue weighted by Crippen LogP contribution is 2.32. The lowest BCUT2D eigenvalue weighted by Gasteiger charge is -2.21. The minimum Gasteiger partial charge on any atom is -0.479 e. The Morgan fingerprint density at radius 2 is 2.14 bits per heavy atom. The molecule has 0 aromatic carbocycles. The van der Waals surface area contributed by atoms with E-state index >= 15 is 0 Å². The second-order valence-corrected chi connectivity index (χ2v) is 7.92. The molecule has 0 fully saturated rings. The number of nitrogens with zero attached hydrogens (tertiary/aromatic N) is 3. The number of rotatable bonds is 7. The summed E-state index contributed by atoms with van der Waals surface area (Å²) in [5, 5.41) is -0.0606. The fourth-order valence-corrected chi connectivity index (χ4v) is 4.22. The van der Waals surface area contributed by atoms with Gasteiger partial charge in [-0.2, -0.15) is 13.4 Å². The molecule has 0 bridgehead atoms. The molecule has 28 heavy (non-hydrogen) atoms. The van der Waals surface area contributed by atoms with Gasteiger partial charge < -0.3 is 14.0 Å². The Labute approximate surface area is 159 Å². The molecule has 1 aliphatic rings. The van der Waals surface area contributed by atoms with Crippen LogP contribution in [-0.4, -0.2) is 43.1 Å². The molecule has 0 aliphatic carbocycles. The molecule has 0 spiro atoms. The van der Waals surface area contributed by atoms with Gasteiger partial charge in [-0.25, -0.2) is 18.2 Å². The maximum atomic E-state index is 14.1. The van der Waals surface area contributed by atoms with Crippen LogP contribution in [-0.2, 0) is 16.6 Å². The van der Waals surface area contributed by atoms with Gasteiger partial charge >= 0.3 is 0 Å². The smallest absolute Gasteiger partial charge is 0.279 e. The molecule has 154 valence electrons. The highest BCUT2D eigenvalue weighted by Gasteiger charge is 2.28. The van der Waals surface area contributed by atoms with Crippen LogP contribution in [0.3, 0.4) is 0 Å². The van der Waals surface area contributed by atoms with E-state index in [1.54, 1.807) is 4.57 Å². The second-order valence-electron chi connectivity index (χ2n) is 6.29. The van der Waals surface area contributed by atoms with Gasteiger partial charge in [0.25, 0.3) is 22.3 Å². The first kappa shape index (κ1) is 20.2. The number of hydrogen-bond donors (Lipinski definition) is 1. The highest BCUT2D eigenvalue weighted by atomic mass is 32.2. The van der Waals surface area contributed by atoms with Gasteiger partial charge in [-0.05, 0) is 12.8 Å². The molecule has 1 atom stereocenters. The van der Waals surface area contributed by atoms with E-state index in [0.717, 1.165) is 18.9 Å². The normalized spacial score (nSPS) is 16.7. The van der Waals surface area contributed by atoms with E-state index in [1.807, 2.05) is 6.92 Å². The molecular formula is C16H19F3N4O4S. The maximum Gasteiger partial charge on any atom is 0.279 e. The van der Waals surface area contributed by atoms with Gasteiger partial charge in [0.1, 0.15) is 11.5 Å². The Hall–Kier alpha value is -2.50. The van der Waals surface area contributed by atoms with Crippen LogP contribution in [0.4, 0.5) is 18.9 Å². The number of sulfonamides is 1. The second kappa shape index (κ2) is 7.86.